The highest BCUT2D eigenvalue weighted by atomic mass is 79.9. The number of aryl methyl sites for hydroxylation is 1. The molecule has 3 heteroatoms. The Morgan fingerprint density at radius 2 is 2.14 bits per heavy atom. The summed E-state index contributed by atoms with van der Waals surface area (Å²) < 4.78 is 6.68. The van der Waals surface area contributed by atoms with E-state index in [9.17, 15) is 0 Å². The number of rotatable bonds is 5. The van der Waals surface area contributed by atoms with E-state index in [0.29, 0.717) is 5.88 Å². The topological polar surface area (TPSA) is 9.23 Å². The number of benzene rings is 1. The number of ether oxygens (including phenoxy) is 1. The van der Waals surface area contributed by atoms with Gasteiger partial charge in [-0.05, 0) is 43.5 Å². The molecule has 0 heterocycles. The molecule has 1 aromatic rings. The number of hydrogen-bond donors (Lipinski definition) is 0. The summed E-state index contributed by atoms with van der Waals surface area (Å²) in [4.78, 5) is 0. The first kappa shape index (κ1) is 11.9. The summed E-state index contributed by atoms with van der Waals surface area (Å²) in [6.45, 7) is 2.80. The zero-order valence-electron chi connectivity index (χ0n) is 8.22. The summed E-state index contributed by atoms with van der Waals surface area (Å²) in [5.41, 5.74) is 1.19. The monoisotopic (exact) mass is 276 g/mol. The third-order valence-electron chi connectivity index (χ3n) is 1.93. The lowest BCUT2D eigenvalue weighted by atomic mass is 10.2. The highest BCUT2D eigenvalue weighted by Crippen LogP contribution is 2.21. The maximum atomic E-state index is 5.57. The summed E-state index contributed by atoms with van der Waals surface area (Å²) in [5.74, 6) is 1.64. The van der Waals surface area contributed by atoms with Gasteiger partial charge in [-0.1, -0.05) is 15.9 Å². The van der Waals surface area contributed by atoms with Crippen molar-refractivity contribution >= 4 is 27.5 Å². The van der Waals surface area contributed by atoms with Gasteiger partial charge in [0.15, 0.2) is 0 Å². The second kappa shape index (κ2) is 6.31. The van der Waals surface area contributed by atoms with Crippen molar-refractivity contribution in [3.63, 3.8) is 0 Å². The van der Waals surface area contributed by atoms with Crippen LogP contribution in [0.1, 0.15) is 18.4 Å². The summed E-state index contributed by atoms with van der Waals surface area (Å²) >= 11 is 9.02. The minimum absolute atomic E-state index is 0.711. The van der Waals surface area contributed by atoms with Crippen LogP contribution >= 0.6 is 27.5 Å². The molecule has 0 aliphatic rings. The third-order valence-corrected chi connectivity index (χ3v) is 3.08. The molecule has 1 nitrogen and oxygen atoms in total. The molecule has 0 saturated heterocycles. The highest BCUT2D eigenvalue weighted by Gasteiger charge is 1.97. The molecule has 1 aromatic carbocycles. The van der Waals surface area contributed by atoms with Crippen LogP contribution in [0.25, 0.3) is 0 Å². The molecule has 0 radical (unpaired) electrons. The van der Waals surface area contributed by atoms with Gasteiger partial charge in [-0.25, -0.2) is 0 Å². The first-order valence-corrected chi connectivity index (χ1v) is 6.01. The molecule has 0 aliphatic heterocycles. The van der Waals surface area contributed by atoms with Crippen molar-refractivity contribution in [3.8, 4) is 5.75 Å². The second-order valence-electron chi connectivity index (χ2n) is 3.16. The Bertz CT molecular complexity index is 289. The molecule has 0 spiro atoms. The van der Waals surface area contributed by atoms with Crippen LogP contribution < -0.4 is 4.74 Å². The molecule has 0 aliphatic carbocycles. The van der Waals surface area contributed by atoms with Crippen LogP contribution in [0.4, 0.5) is 0 Å². The summed E-state index contributed by atoms with van der Waals surface area (Å²) in [5, 5.41) is 0. The minimum atomic E-state index is 0.711. The van der Waals surface area contributed by atoms with E-state index in [1.165, 1.54) is 5.56 Å². The lowest BCUT2D eigenvalue weighted by molar-refractivity contribution is 0.309. The predicted molar refractivity (Wildman–Crippen MR) is 64.3 cm³/mol. The Hall–Kier alpha value is -0.210. The van der Waals surface area contributed by atoms with Crippen molar-refractivity contribution < 1.29 is 4.74 Å². The van der Waals surface area contributed by atoms with E-state index in [1.54, 1.807) is 0 Å². The van der Waals surface area contributed by atoms with Gasteiger partial charge in [0.05, 0.1) is 6.61 Å². The van der Waals surface area contributed by atoms with Crippen molar-refractivity contribution in [1.29, 1.82) is 0 Å². The molecular formula is C11H14BrClO. The van der Waals surface area contributed by atoms with E-state index in [1.807, 2.05) is 18.2 Å². The smallest absolute Gasteiger partial charge is 0.119 e. The molecule has 0 unspecified atom stereocenters. The van der Waals surface area contributed by atoms with Gasteiger partial charge < -0.3 is 4.74 Å². The fourth-order valence-electron chi connectivity index (χ4n) is 1.09. The number of hydrogen-bond acceptors (Lipinski definition) is 1. The Morgan fingerprint density at radius 1 is 1.36 bits per heavy atom. The molecular weight excluding hydrogens is 263 g/mol. The average molecular weight is 278 g/mol. The third kappa shape index (κ3) is 3.89. The van der Waals surface area contributed by atoms with Crippen molar-refractivity contribution in [3.05, 3.63) is 28.2 Å². The Kier molecular flexibility index (Phi) is 5.34. The lowest BCUT2D eigenvalue weighted by Crippen LogP contribution is -1.97. The van der Waals surface area contributed by atoms with Crippen LogP contribution in [0.15, 0.2) is 22.7 Å². The van der Waals surface area contributed by atoms with Crippen molar-refractivity contribution in [2.45, 2.75) is 19.8 Å². The van der Waals surface area contributed by atoms with Crippen molar-refractivity contribution in [2.75, 3.05) is 12.5 Å². The summed E-state index contributed by atoms with van der Waals surface area (Å²) in [6.07, 6.45) is 2.02. The normalized spacial score (nSPS) is 10.2. The first-order chi connectivity index (χ1) is 6.74. The van der Waals surface area contributed by atoms with E-state index >= 15 is 0 Å². The van der Waals surface area contributed by atoms with Crippen LogP contribution in [0, 0.1) is 6.92 Å². The largest absolute Gasteiger partial charge is 0.494 e. The van der Waals surface area contributed by atoms with Gasteiger partial charge in [0, 0.05) is 10.4 Å². The molecule has 0 saturated carbocycles. The van der Waals surface area contributed by atoms with E-state index < -0.39 is 0 Å². The van der Waals surface area contributed by atoms with Gasteiger partial charge in [0.2, 0.25) is 0 Å². The average Bonchev–Trinajstić information content (AvgIpc) is 2.18. The van der Waals surface area contributed by atoms with Crippen LogP contribution in [0.2, 0.25) is 0 Å². The fourth-order valence-corrected chi connectivity index (χ4v) is 1.53. The van der Waals surface area contributed by atoms with Gasteiger partial charge in [-0.2, -0.15) is 0 Å². The molecule has 1 rings (SSSR count). The van der Waals surface area contributed by atoms with Gasteiger partial charge in [-0.15, -0.1) is 11.6 Å². The van der Waals surface area contributed by atoms with Crippen LogP contribution in [0.5, 0.6) is 5.75 Å². The van der Waals surface area contributed by atoms with Gasteiger partial charge in [-0.3, -0.25) is 0 Å². The SMILES string of the molecule is Cc1cc(OCCCCCl)ccc1Br. The molecule has 14 heavy (non-hydrogen) atoms. The lowest BCUT2D eigenvalue weighted by Gasteiger charge is -2.06. The molecule has 78 valence electrons. The molecule has 0 N–H and O–H groups in total. The van der Waals surface area contributed by atoms with Crippen LogP contribution in [-0.4, -0.2) is 12.5 Å². The van der Waals surface area contributed by atoms with E-state index in [-0.39, 0.29) is 0 Å². The highest BCUT2D eigenvalue weighted by molar-refractivity contribution is 9.10. The summed E-state index contributed by atoms with van der Waals surface area (Å²) in [7, 11) is 0. The standard InChI is InChI=1S/C11H14BrClO/c1-9-8-10(4-5-11(9)12)14-7-3-2-6-13/h4-5,8H,2-3,6-7H2,1H3. The maximum absolute atomic E-state index is 5.57. The number of alkyl halides is 1. The van der Waals surface area contributed by atoms with Crippen molar-refractivity contribution in [1.82, 2.24) is 0 Å². The quantitative estimate of drug-likeness (QED) is 0.580. The van der Waals surface area contributed by atoms with Crippen molar-refractivity contribution in [2.24, 2.45) is 0 Å². The fraction of sp³-hybridized carbons (Fsp3) is 0.455. The predicted octanol–water partition coefficient (Wildman–Crippen LogP) is 4.16. The van der Waals surface area contributed by atoms with Gasteiger partial charge in [0.1, 0.15) is 5.75 Å². The Morgan fingerprint density at radius 3 is 2.79 bits per heavy atom. The zero-order chi connectivity index (χ0) is 10.4. The molecule has 0 amide bonds. The maximum Gasteiger partial charge on any atom is 0.119 e. The Balaban J connectivity index is 2.39. The van der Waals surface area contributed by atoms with Gasteiger partial charge in [0.25, 0.3) is 0 Å². The molecule has 0 bridgehead atoms. The molecule has 0 atom stereocenters. The van der Waals surface area contributed by atoms with E-state index in [0.717, 1.165) is 29.7 Å². The molecule has 0 fully saturated rings. The van der Waals surface area contributed by atoms with Crippen LogP contribution in [-0.2, 0) is 0 Å². The zero-order valence-corrected chi connectivity index (χ0v) is 10.6. The second-order valence-corrected chi connectivity index (χ2v) is 4.39. The van der Waals surface area contributed by atoms with E-state index in [2.05, 4.69) is 22.9 Å². The van der Waals surface area contributed by atoms with E-state index in [4.69, 9.17) is 16.3 Å². The first-order valence-electron chi connectivity index (χ1n) is 4.69. The summed E-state index contributed by atoms with van der Waals surface area (Å²) in [6, 6.07) is 6.01. The van der Waals surface area contributed by atoms with Gasteiger partial charge >= 0.3 is 0 Å². The van der Waals surface area contributed by atoms with Crippen LogP contribution in [0.3, 0.4) is 0 Å². The molecule has 0 aromatic heterocycles. The Labute approximate surface area is 98.5 Å². The minimum Gasteiger partial charge on any atom is -0.494 e. The number of unbranched alkanes of at least 4 members (excludes halogenated alkanes) is 1. The number of halogens is 2.